The third kappa shape index (κ3) is 2.24. The molecule has 0 bridgehead atoms. The SMILES string of the molecule is Nc1nc(Cl)cc(NNC=O)n1. The zero-order valence-corrected chi connectivity index (χ0v) is 6.67. The van der Waals surface area contributed by atoms with Crippen LogP contribution in [0.25, 0.3) is 0 Å². The van der Waals surface area contributed by atoms with Crippen LogP contribution in [-0.2, 0) is 4.79 Å². The number of anilines is 2. The van der Waals surface area contributed by atoms with Crippen LogP contribution in [0, 0.1) is 0 Å². The van der Waals surface area contributed by atoms with Gasteiger partial charge in [-0.3, -0.25) is 15.6 Å². The lowest BCUT2D eigenvalue weighted by Gasteiger charge is -2.02. The number of nitrogens with one attached hydrogen (secondary N) is 2. The van der Waals surface area contributed by atoms with Crippen molar-refractivity contribution < 1.29 is 4.79 Å². The van der Waals surface area contributed by atoms with Crippen LogP contribution < -0.4 is 16.6 Å². The number of halogens is 1. The van der Waals surface area contributed by atoms with Gasteiger partial charge < -0.3 is 5.73 Å². The average Bonchev–Trinajstić information content (AvgIpc) is 1.99. The third-order valence-electron chi connectivity index (χ3n) is 0.971. The number of hydrazine groups is 1. The van der Waals surface area contributed by atoms with Crippen LogP contribution in [0.2, 0.25) is 5.15 Å². The maximum Gasteiger partial charge on any atom is 0.225 e. The summed E-state index contributed by atoms with van der Waals surface area (Å²) in [4.78, 5) is 17.2. The van der Waals surface area contributed by atoms with Crippen LogP contribution in [-0.4, -0.2) is 16.4 Å². The van der Waals surface area contributed by atoms with E-state index in [0.717, 1.165) is 0 Å². The number of amides is 1. The lowest BCUT2D eigenvalue weighted by Crippen LogP contribution is -2.20. The van der Waals surface area contributed by atoms with Gasteiger partial charge in [-0.1, -0.05) is 11.6 Å². The van der Waals surface area contributed by atoms with Gasteiger partial charge in [-0.25, -0.2) is 4.98 Å². The molecule has 7 heteroatoms. The van der Waals surface area contributed by atoms with E-state index in [2.05, 4.69) is 20.8 Å². The predicted octanol–water partition coefficient (Wildman–Crippen LogP) is -0.215. The molecule has 0 atom stereocenters. The van der Waals surface area contributed by atoms with Crippen LogP contribution in [0.3, 0.4) is 0 Å². The summed E-state index contributed by atoms with van der Waals surface area (Å²) in [5, 5.41) is 0.206. The lowest BCUT2D eigenvalue weighted by molar-refractivity contribution is -0.109. The van der Waals surface area contributed by atoms with Gasteiger partial charge in [0.1, 0.15) is 5.15 Å². The first-order valence-corrected chi connectivity index (χ1v) is 3.35. The molecular weight excluding hydrogens is 182 g/mol. The van der Waals surface area contributed by atoms with Crippen molar-refractivity contribution in [2.75, 3.05) is 11.2 Å². The molecule has 1 rings (SSSR count). The summed E-state index contributed by atoms with van der Waals surface area (Å²) in [5.41, 5.74) is 9.89. The van der Waals surface area contributed by atoms with Gasteiger partial charge in [-0.05, 0) is 0 Å². The Hall–Kier alpha value is -1.56. The van der Waals surface area contributed by atoms with E-state index in [0.29, 0.717) is 12.2 Å². The number of hydrogen-bond donors (Lipinski definition) is 3. The summed E-state index contributed by atoms with van der Waals surface area (Å²) >= 11 is 5.54. The fraction of sp³-hybridized carbons (Fsp3) is 0. The molecule has 0 aromatic carbocycles. The third-order valence-corrected chi connectivity index (χ3v) is 1.16. The van der Waals surface area contributed by atoms with Crippen LogP contribution in [0.4, 0.5) is 11.8 Å². The first-order chi connectivity index (χ1) is 5.72. The summed E-state index contributed by atoms with van der Waals surface area (Å²) in [6, 6.07) is 1.43. The van der Waals surface area contributed by atoms with Crippen LogP contribution in [0.1, 0.15) is 0 Å². The number of rotatable bonds is 3. The van der Waals surface area contributed by atoms with Crippen LogP contribution in [0.5, 0.6) is 0 Å². The molecule has 4 N–H and O–H groups in total. The fourth-order valence-corrected chi connectivity index (χ4v) is 0.793. The molecule has 0 saturated carbocycles. The highest BCUT2D eigenvalue weighted by Crippen LogP contribution is 2.10. The van der Waals surface area contributed by atoms with Gasteiger partial charge in [0, 0.05) is 6.07 Å². The number of nitrogens with two attached hydrogens (primary N) is 1. The molecule has 0 spiro atoms. The molecular formula is C5H6ClN5O. The van der Waals surface area contributed by atoms with E-state index in [-0.39, 0.29) is 11.1 Å². The van der Waals surface area contributed by atoms with Gasteiger partial charge in [-0.2, -0.15) is 4.98 Å². The monoisotopic (exact) mass is 187 g/mol. The molecule has 6 nitrogen and oxygen atoms in total. The molecule has 0 saturated heterocycles. The van der Waals surface area contributed by atoms with Crippen molar-refractivity contribution in [3.05, 3.63) is 11.2 Å². The van der Waals surface area contributed by atoms with E-state index >= 15 is 0 Å². The standard InChI is InChI=1S/C5H6ClN5O/c6-3-1-4(11-8-2-12)10-5(7)9-3/h1-2H,(H,8,12)(H3,7,9,10,11). The van der Waals surface area contributed by atoms with Gasteiger partial charge in [0.25, 0.3) is 0 Å². The van der Waals surface area contributed by atoms with E-state index in [4.69, 9.17) is 17.3 Å². The van der Waals surface area contributed by atoms with Crippen molar-refractivity contribution in [3.63, 3.8) is 0 Å². The Labute approximate surface area is 73.1 Å². The molecule has 1 aromatic heterocycles. The largest absolute Gasteiger partial charge is 0.368 e. The second-order valence-electron chi connectivity index (χ2n) is 1.82. The molecule has 0 unspecified atom stereocenters. The quantitative estimate of drug-likeness (QED) is 0.346. The molecule has 0 fully saturated rings. The van der Waals surface area contributed by atoms with E-state index in [1.54, 1.807) is 0 Å². The first-order valence-electron chi connectivity index (χ1n) is 2.97. The molecule has 1 aromatic rings. The number of carbonyl (C=O) groups excluding carboxylic acids is 1. The van der Waals surface area contributed by atoms with Crippen LogP contribution >= 0.6 is 11.6 Å². The number of carbonyl (C=O) groups is 1. The molecule has 0 aliphatic heterocycles. The highest BCUT2D eigenvalue weighted by molar-refractivity contribution is 6.29. The maximum atomic E-state index is 9.87. The van der Waals surface area contributed by atoms with E-state index in [1.807, 2.05) is 0 Å². The van der Waals surface area contributed by atoms with Gasteiger partial charge in [-0.15, -0.1) is 0 Å². The Bertz CT molecular complexity index is 271. The normalized spacial score (nSPS) is 9.08. The second kappa shape index (κ2) is 3.72. The number of aromatic nitrogens is 2. The molecule has 1 heterocycles. The number of nitrogens with zero attached hydrogens (tertiary/aromatic N) is 2. The molecule has 0 aliphatic carbocycles. The van der Waals surface area contributed by atoms with E-state index in [9.17, 15) is 4.79 Å². The van der Waals surface area contributed by atoms with Gasteiger partial charge in [0.05, 0.1) is 0 Å². The Balaban J connectivity index is 2.78. The highest BCUT2D eigenvalue weighted by atomic mass is 35.5. The molecule has 64 valence electrons. The van der Waals surface area contributed by atoms with Crippen molar-refractivity contribution in [2.24, 2.45) is 0 Å². The number of nitrogen functional groups attached to an aromatic ring is 1. The smallest absolute Gasteiger partial charge is 0.225 e. The topological polar surface area (TPSA) is 92.9 Å². The summed E-state index contributed by atoms with van der Waals surface area (Å²) in [6.45, 7) is 0. The lowest BCUT2D eigenvalue weighted by atomic mass is 10.6. The summed E-state index contributed by atoms with van der Waals surface area (Å²) < 4.78 is 0. The minimum absolute atomic E-state index is 0.0395. The van der Waals surface area contributed by atoms with Crippen molar-refractivity contribution in [2.45, 2.75) is 0 Å². The summed E-state index contributed by atoms with van der Waals surface area (Å²) in [6.07, 6.45) is 0.464. The van der Waals surface area contributed by atoms with Crippen molar-refractivity contribution >= 4 is 29.8 Å². The van der Waals surface area contributed by atoms with Crippen LogP contribution in [0.15, 0.2) is 6.07 Å². The molecule has 1 amide bonds. The van der Waals surface area contributed by atoms with Gasteiger partial charge >= 0.3 is 0 Å². The predicted molar refractivity (Wildman–Crippen MR) is 44.3 cm³/mol. The minimum Gasteiger partial charge on any atom is -0.368 e. The minimum atomic E-state index is 0.0395. The zero-order valence-electron chi connectivity index (χ0n) is 5.91. The Morgan fingerprint density at radius 1 is 1.58 bits per heavy atom. The van der Waals surface area contributed by atoms with E-state index in [1.165, 1.54) is 6.07 Å². The fourth-order valence-electron chi connectivity index (χ4n) is 0.603. The highest BCUT2D eigenvalue weighted by Gasteiger charge is 1.97. The van der Waals surface area contributed by atoms with Gasteiger partial charge in [0.15, 0.2) is 5.82 Å². The molecule has 0 aliphatic rings. The molecule has 12 heavy (non-hydrogen) atoms. The summed E-state index contributed by atoms with van der Waals surface area (Å²) in [7, 11) is 0. The summed E-state index contributed by atoms with van der Waals surface area (Å²) in [5.74, 6) is 0.372. The van der Waals surface area contributed by atoms with Gasteiger partial charge in [0.2, 0.25) is 12.4 Å². The van der Waals surface area contributed by atoms with Crippen molar-refractivity contribution in [1.82, 2.24) is 15.4 Å². The van der Waals surface area contributed by atoms with Crippen molar-refractivity contribution in [3.8, 4) is 0 Å². The molecule has 0 radical (unpaired) electrons. The first kappa shape index (κ1) is 8.54. The Kier molecular flexibility index (Phi) is 2.65. The zero-order chi connectivity index (χ0) is 8.97. The Morgan fingerprint density at radius 3 is 2.92 bits per heavy atom. The average molecular weight is 188 g/mol. The van der Waals surface area contributed by atoms with Crippen molar-refractivity contribution in [1.29, 1.82) is 0 Å². The maximum absolute atomic E-state index is 9.87. The second-order valence-corrected chi connectivity index (χ2v) is 2.21. The van der Waals surface area contributed by atoms with E-state index < -0.39 is 0 Å². The number of hydrogen-bond acceptors (Lipinski definition) is 5. The Morgan fingerprint density at radius 2 is 2.33 bits per heavy atom.